The van der Waals surface area contributed by atoms with Crippen LogP contribution < -0.4 is 4.90 Å². The third kappa shape index (κ3) is 6.75. The molecule has 0 amide bonds. The van der Waals surface area contributed by atoms with E-state index in [2.05, 4.69) is 97.9 Å². The van der Waals surface area contributed by atoms with Crippen LogP contribution in [-0.2, 0) is 23.9 Å². The molecule has 2 aliphatic heterocycles. The second-order valence-electron chi connectivity index (χ2n) is 15.0. The van der Waals surface area contributed by atoms with E-state index in [4.69, 9.17) is 11.6 Å². The molecule has 0 radical (unpaired) electrons. The normalized spacial score (nSPS) is 19.0. The van der Waals surface area contributed by atoms with Gasteiger partial charge in [0.25, 0.3) is 11.4 Å². The van der Waals surface area contributed by atoms with E-state index in [0.717, 1.165) is 69.4 Å². The molecule has 8 nitrogen and oxygen atoms in total. The number of non-ortho nitro benzene ring substituents is 2. The summed E-state index contributed by atoms with van der Waals surface area (Å²) in [6.45, 7) is 10.1. The van der Waals surface area contributed by atoms with Crippen molar-refractivity contribution in [3.63, 3.8) is 0 Å². The summed E-state index contributed by atoms with van der Waals surface area (Å²) in [6.07, 6.45) is 11.5. The van der Waals surface area contributed by atoms with Gasteiger partial charge >= 0.3 is 0 Å². The largest absolute Gasteiger partial charge is 0.340 e. The minimum Gasteiger partial charge on any atom is -0.340 e. The SMILES string of the molecule is CC1(C)C(/C=C/C2=C(Cl)C(=C\C=C3\N(Cc4ccc([N+](=O)[O-])cc4)c4ccccc4C3(C)C)/CCC2)=[N+](Cc2ccc([N+](=O)[O-])cc2)c2ccccc21. The highest BCUT2D eigenvalue weighted by molar-refractivity contribution is 6.32. The number of halogens is 1. The van der Waals surface area contributed by atoms with Gasteiger partial charge in [-0.2, -0.15) is 4.58 Å². The standard InChI is InChI=1S/C44H42ClN4O4/c1-43(2)36-12-5-7-14-38(36)46(28-30-16-22-34(23-17-30)48(50)51)40(43)26-20-32-10-9-11-33(42(32)45)21-27-41-44(3,4)37-13-6-8-15-39(37)47(41)29-31-18-24-35(25-19-31)49(52)53/h5-8,12-27H,9-11,28-29H2,1-4H3/q+1. The van der Waals surface area contributed by atoms with Gasteiger partial charge in [-0.1, -0.05) is 86.1 Å². The van der Waals surface area contributed by atoms with E-state index in [0.29, 0.717) is 13.1 Å². The number of nitrogens with zero attached hydrogens (tertiary/aromatic N) is 4. The van der Waals surface area contributed by atoms with E-state index in [1.165, 1.54) is 11.1 Å². The third-order valence-corrected chi connectivity index (χ3v) is 11.4. The monoisotopic (exact) mass is 725 g/mol. The fourth-order valence-corrected chi connectivity index (χ4v) is 8.32. The summed E-state index contributed by atoms with van der Waals surface area (Å²) in [7, 11) is 0. The molecule has 3 aliphatic rings. The Balaban J connectivity index is 1.22. The van der Waals surface area contributed by atoms with Crippen LogP contribution in [0.25, 0.3) is 0 Å². The van der Waals surface area contributed by atoms with Crippen molar-refractivity contribution in [2.75, 3.05) is 4.90 Å². The van der Waals surface area contributed by atoms with Crippen molar-refractivity contribution >= 4 is 40.1 Å². The number of nitro benzene ring substituents is 2. The van der Waals surface area contributed by atoms with Crippen molar-refractivity contribution < 1.29 is 14.4 Å². The summed E-state index contributed by atoms with van der Waals surface area (Å²) in [5.41, 5.74) is 10.8. The second kappa shape index (κ2) is 14.1. The molecule has 53 heavy (non-hydrogen) atoms. The molecule has 0 atom stereocenters. The molecule has 4 aromatic carbocycles. The van der Waals surface area contributed by atoms with Gasteiger partial charge in [0.05, 0.1) is 15.3 Å². The number of allylic oxidation sites excluding steroid dienone is 8. The Morgan fingerprint density at radius 3 is 2.00 bits per heavy atom. The molecule has 268 valence electrons. The van der Waals surface area contributed by atoms with Crippen molar-refractivity contribution in [2.45, 2.75) is 70.9 Å². The molecule has 0 bridgehead atoms. The minimum absolute atomic E-state index is 0.0802. The van der Waals surface area contributed by atoms with Gasteiger partial charge in [-0.15, -0.1) is 0 Å². The van der Waals surface area contributed by atoms with E-state index >= 15 is 0 Å². The zero-order valence-corrected chi connectivity index (χ0v) is 31.1. The van der Waals surface area contributed by atoms with E-state index < -0.39 is 0 Å². The molecule has 2 heterocycles. The molecule has 9 heteroatoms. The van der Waals surface area contributed by atoms with Crippen LogP contribution in [-0.4, -0.2) is 20.1 Å². The van der Waals surface area contributed by atoms with Crippen molar-refractivity contribution in [3.05, 3.63) is 186 Å². The van der Waals surface area contributed by atoms with Crippen LogP contribution in [0.1, 0.15) is 69.2 Å². The van der Waals surface area contributed by atoms with Gasteiger partial charge in [0.1, 0.15) is 0 Å². The summed E-state index contributed by atoms with van der Waals surface area (Å²) in [5.74, 6) is 0. The van der Waals surface area contributed by atoms with Crippen molar-refractivity contribution in [1.29, 1.82) is 0 Å². The summed E-state index contributed by atoms with van der Waals surface area (Å²) in [6, 6.07) is 30.4. The highest BCUT2D eigenvalue weighted by atomic mass is 35.5. The van der Waals surface area contributed by atoms with Gasteiger partial charge in [-0.25, -0.2) is 0 Å². The lowest BCUT2D eigenvalue weighted by atomic mass is 9.81. The molecular formula is C44H42ClN4O4+. The maximum atomic E-state index is 11.3. The quantitative estimate of drug-likeness (QED) is 0.0973. The number of rotatable bonds is 9. The Hall–Kier alpha value is -5.60. The molecule has 0 fully saturated rings. The molecule has 0 N–H and O–H groups in total. The number of hydrogen-bond donors (Lipinski definition) is 0. The van der Waals surface area contributed by atoms with Gasteiger partial charge in [-0.3, -0.25) is 20.2 Å². The first kappa shape index (κ1) is 35.8. The number of nitro groups is 2. The topological polar surface area (TPSA) is 92.5 Å². The van der Waals surface area contributed by atoms with Gasteiger partial charge < -0.3 is 4.90 Å². The lowest BCUT2D eigenvalue weighted by Crippen LogP contribution is -2.27. The molecule has 1 aliphatic carbocycles. The number of benzene rings is 4. The van der Waals surface area contributed by atoms with Crippen molar-refractivity contribution in [1.82, 2.24) is 0 Å². The van der Waals surface area contributed by atoms with Crippen molar-refractivity contribution in [2.24, 2.45) is 0 Å². The van der Waals surface area contributed by atoms with Gasteiger partial charge in [-0.05, 0) is 79.7 Å². The second-order valence-corrected chi connectivity index (χ2v) is 15.3. The van der Waals surface area contributed by atoms with Gasteiger partial charge in [0, 0.05) is 75.9 Å². The third-order valence-electron chi connectivity index (χ3n) is 10.9. The maximum Gasteiger partial charge on any atom is 0.269 e. The summed E-state index contributed by atoms with van der Waals surface area (Å²) in [4.78, 5) is 24.1. The van der Waals surface area contributed by atoms with Gasteiger partial charge in [0.15, 0.2) is 12.3 Å². The summed E-state index contributed by atoms with van der Waals surface area (Å²) in [5, 5.41) is 23.3. The Morgan fingerprint density at radius 1 is 0.736 bits per heavy atom. The average Bonchev–Trinajstić information content (AvgIpc) is 3.49. The molecule has 0 saturated heterocycles. The van der Waals surface area contributed by atoms with Crippen LogP contribution in [0.3, 0.4) is 0 Å². The molecular weight excluding hydrogens is 684 g/mol. The average molecular weight is 726 g/mol. The summed E-state index contributed by atoms with van der Waals surface area (Å²) >= 11 is 7.24. The highest BCUT2D eigenvalue weighted by Crippen LogP contribution is 2.49. The maximum absolute atomic E-state index is 11.3. The zero-order valence-electron chi connectivity index (χ0n) is 30.4. The number of para-hydroxylation sites is 2. The fraction of sp³-hybridized carbons (Fsp3) is 0.250. The van der Waals surface area contributed by atoms with Gasteiger partial charge in [0.2, 0.25) is 5.69 Å². The van der Waals surface area contributed by atoms with Crippen LogP contribution in [0.4, 0.5) is 22.7 Å². The molecule has 0 saturated carbocycles. The predicted octanol–water partition coefficient (Wildman–Crippen LogP) is 11.1. The van der Waals surface area contributed by atoms with E-state index in [1.807, 2.05) is 36.4 Å². The summed E-state index contributed by atoms with van der Waals surface area (Å²) < 4.78 is 2.31. The Labute approximate surface area is 315 Å². The lowest BCUT2D eigenvalue weighted by Gasteiger charge is -2.27. The molecule has 7 rings (SSSR count). The first-order valence-corrected chi connectivity index (χ1v) is 18.3. The van der Waals surface area contributed by atoms with Crippen LogP contribution in [0, 0.1) is 20.2 Å². The number of anilines is 1. The Bertz CT molecular complexity index is 2280. The first-order chi connectivity index (χ1) is 25.4. The Morgan fingerprint density at radius 2 is 1.34 bits per heavy atom. The van der Waals surface area contributed by atoms with Crippen LogP contribution in [0.15, 0.2) is 143 Å². The van der Waals surface area contributed by atoms with Crippen LogP contribution >= 0.6 is 11.6 Å². The van der Waals surface area contributed by atoms with Crippen LogP contribution in [0.5, 0.6) is 0 Å². The smallest absolute Gasteiger partial charge is 0.269 e. The van der Waals surface area contributed by atoms with Crippen LogP contribution in [0.2, 0.25) is 0 Å². The molecule has 0 spiro atoms. The fourth-order valence-electron chi connectivity index (χ4n) is 8.00. The minimum atomic E-state index is -0.370. The van der Waals surface area contributed by atoms with E-state index in [1.54, 1.807) is 24.3 Å². The van der Waals surface area contributed by atoms with Crippen molar-refractivity contribution in [3.8, 4) is 0 Å². The predicted molar refractivity (Wildman–Crippen MR) is 212 cm³/mol. The lowest BCUT2D eigenvalue weighted by molar-refractivity contribution is -0.455. The first-order valence-electron chi connectivity index (χ1n) is 17.9. The Kier molecular flexibility index (Phi) is 9.51. The number of hydrogen-bond acceptors (Lipinski definition) is 5. The number of fused-ring (bicyclic) bond motifs is 2. The molecule has 0 aromatic heterocycles. The highest BCUT2D eigenvalue weighted by Gasteiger charge is 2.44. The molecule has 4 aromatic rings. The van der Waals surface area contributed by atoms with E-state index in [-0.39, 0.29) is 32.1 Å². The zero-order chi connectivity index (χ0) is 37.5. The molecule has 0 unspecified atom stereocenters. The van der Waals surface area contributed by atoms with E-state index in [9.17, 15) is 20.2 Å².